The fourth-order valence-corrected chi connectivity index (χ4v) is 3.48. The Hall–Kier alpha value is -2.91. The molecule has 0 amide bonds. The van der Waals surface area contributed by atoms with Crippen molar-refractivity contribution in [1.29, 1.82) is 0 Å². The minimum atomic E-state index is -4.31. The van der Waals surface area contributed by atoms with Crippen LogP contribution in [0.5, 0.6) is 11.5 Å². The Morgan fingerprint density at radius 2 is 1.47 bits per heavy atom. The second-order valence-corrected chi connectivity index (χ2v) is 9.01. The fourth-order valence-electron chi connectivity index (χ4n) is 2.63. The molecule has 0 aliphatic rings. The van der Waals surface area contributed by atoms with Crippen LogP contribution in [0.1, 0.15) is 47.1 Å². The maximum Gasteiger partial charge on any atom is 0.341 e. The predicted octanol–water partition coefficient (Wildman–Crippen LogP) is 3.68. The van der Waals surface area contributed by atoms with Crippen molar-refractivity contribution < 1.29 is 36.4 Å². The van der Waals surface area contributed by atoms with Gasteiger partial charge in [0.15, 0.2) is 0 Å². The average molecular weight is 436 g/mol. The number of esters is 2. The van der Waals surface area contributed by atoms with Gasteiger partial charge in [-0.25, -0.2) is 9.59 Å². The van der Waals surface area contributed by atoms with Gasteiger partial charge < -0.3 is 14.2 Å². The lowest BCUT2D eigenvalue weighted by atomic mass is 9.87. The molecule has 0 atom stereocenters. The van der Waals surface area contributed by atoms with Crippen LogP contribution < -0.4 is 4.74 Å². The summed E-state index contributed by atoms with van der Waals surface area (Å²) in [7, 11) is -1.11. The molecule has 0 aromatic heterocycles. The molecule has 2 aromatic rings. The van der Waals surface area contributed by atoms with Crippen LogP contribution in [-0.4, -0.2) is 41.7 Å². The molecule has 0 saturated heterocycles. The Morgan fingerprint density at radius 3 is 2.00 bits per heavy atom. The van der Waals surface area contributed by atoms with E-state index < -0.39 is 27.0 Å². The molecule has 0 saturated carbocycles. The Labute approximate surface area is 175 Å². The molecule has 0 aliphatic carbocycles. The third kappa shape index (κ3) is 4.98. The molecule has 0 bridgehead atoms. The molecule has 0 radical (unpaired) electrons. The highest BCUT2D eigenvalue weighted by Crippen LogP contribution is 2.34. The zero-order chi connectivity index (χ0) is 22.7. The van der Waals surface area contributed by atoms with E-state index in [9.17, 15) is 18.0 Å². The first-order valence-corrected chi connectivity index (χ1v) is 10.3. The van der Waals surface area contributed by atoms with Gasteiger partial charge in [0.2, 0.25) is 0 Å². The first-order chi connectivity index (χ1) is 13.9. The summed E-state index contributed by atoms with van der Waals surface area (Å²) in [5.74, 6) is -1.52. The van der Waals surface area contributed by atoms with Crippen molar-refractivity contribution >= 4 is 22.1 Å². The lowest BCUT2D eigenvalue weighted by molar-refractivity contribution is 0.0594. The zero-order valence-corrected chi connectivity index (χ0v) is 18.5. The highest BCUT2D eigenvalue weighted by atomic mass is 32.2. The van der Waals surface area contributed by atoms with Gasteiger partial charge in [-0.3, -0.25) is 4.18 Å². The standard InChI is InChI=1S/C21H24O8S/c1-21(2,3)13-8-7-9-14(10-13)29-17-12-18(30(24,25)28-6)16(20(23)27-5)11-15(17)19(22)26-4/h7-12H,1-6H3. The van der Waals surface area contributed by atoms with Gasteiger partial charge in [-0.2, -0.15) is 8.42 Å². The van der Waals surface area contributed by atoms with Gasteiger partial charge in [0.1, 0.15) is 22.0 Å². The van der Waals surface area contributed by atoms with Crippen LogP contribution in [0.25, 0.3) is 0 Å². The van der Waals surface area contributed by atoms with Crippen molar-refractivity contribution in [3.63, 3.8) is 0 Å². The number of methoxy groups -OCH3 is 2. The molecule has 8 nitrogen and oxygen atoms in total. The average Bonchev–Trinajstić information content (AvgIpc) is 2.71. The van der Waals surface area contributed by atoms with Crippen LogP contribution >= 0.6 is 0 Å². The van der Waals surface area contributed by atoms with Crippen molar-refractivity contribution in [2.45, 2.75) is 31.1 Å². The molecule has 0 unspecified atom stereocenters. The van der Waals surface area contributed by atoms with Crippen LogP contribution in [0, 0.1) is 0 Å². The molecule has 0 N–H and O–H groups in total. The minimum Gasteiger partial charge on any atom is -0.465 e. The Balaban J connectivity index is 2.73. The minimum absolute atomic E-state index is 0.115. The smallest absolute Gasteiger partial charge is 0.341 e. The molecule has 0 heterocycles. The molecule has 0 fully saturated rings. The molecule has 30 heavy (non-hydrogen) atoms. The van der Waals surface area contributed by atoms with Crippen LogP contribution in [0.15, 0.2) is 41.3 Å². The number of hydrogen-bond donors (Lipinski definition) is 0. The quantitative estimate of drug-likeness (QED) is 0.499. The SMILES string of the molecule is COC(=O)c1cc(C(=O)OC)c(S(=O)(=O)OC)cc1Oc1cccc(C(C)(C)C)c1. The number of hydrogen-bond acceptors (Lipinski definition) is 8. The first kappa shape index (κ1) is 23.4. The van der Waals surface area contributed by atoms with E-state index in [4.69, 9.17) is 9.47 Å². The van der Waals surface area contributed by atoms with Gasteiger partial charge in [-0.1, -0.05) is 32.9 Å². The molecule has 9 heteroatoms. The Kier molecular flexibility index (Phi) is 6.89. The van der Waals surface area contributed by atoms with E-state index in [1.54, 1.807) is 18.2 Å². The van der Waals surface area contributed by atoms with Crippen molar-refractivity contribution in [3.05, 3.63) is 53.1 Å². The lowest BCUT2D eigenvalue weighted by Crippen LogP contribution is -2.15. The van der Waals surface area contributed by atoms with Crippen LogP contribution in [0.2, 0.25) is 0 Å². The number of carbonyl (C=O) groups is 2. The van der Waals surface area contributed by atoms with Gasteiger partial charge in [-0.05, 0) is 29.2 Å². The highest BCUT2D eigenvalue weighted by Gasteiger charge is 2.29. The maximum atomic E-state index is 12.4. The van der Waals surface area contributed by atoms with E-state index in [2.05, 4.69) is 8.92 Å². The molecule has 0 spiro atoms. The topological polar surface area (TPSA) is 105 Å². The normalized spacial score (nSPS) is 11.7. The largest absolute Gasteiger partial charge is 0.465 e. The second kappa shape index (κ2) is 8.85. The molecule has 2 rings (SSSR count). The van der Waals surface area contributed by atoms with Gasteiger partial charge in [-0.15, -0.1) is 0 Å². The van der Waals surface area contributed by atoms with Crippen LogP contribution in [0.3, 0.4) is 0 Å². The predicted molar refractivity (Wildman–Crippen MR) is 109 cm³/mol. The summed E-state index contributed by atoms with van der Waals surface area (Å²) >= 11 is 0. The van der Waals surface area contributed by atoms with Crippen molar-refractivity contribution in [3.8, 4) is 11.5 Å². The molecule has 162 valence electrons. The van der Waals surface area contributed by atoms with E-state index in [0.29, 0.717) is 5.75 Å². The third-order valence-electron chi connectivity index (χ3n) is 4.31. The van der Waals surface area contributed by atoms with E-state index in [1.165, 1.54) is 0 Å². The van der Waals surface area contributed by atoms with Crippen LogP contribution in [-0.2, 0) is 29.2 Å². The van der Waals surface area contributed by atoms with Crippen molar-refractivity contribution in [2.24, 2.45) is 0 Å². The van der Waals surface area contributed by atoms with E-state index in [1.807, 2.05) is 26.8 Å². The number of ether oxygens (including phenoxy) is 3. The fraction of sp³-hybridized carbons (Fsp3) is 0.333. The van der Waals surface area contributed by atoms with E-state index in [-0.39, 0.29) is 22.3 Å². The summed E-state index contributed by atoms with van der Waals surface area (Å²) < 4.78 is 44.6. The summed E-state index contributed by atoms with van der Waals surface area (Å²) in [6.07, 6.45) is 0. The molecular weight excluding hydrogens is 412 g/mol. The summed E-state index contributed by atoms with van der Waals surface area (Å²) in [5, 5.41) is 0. The van der Waals surface area contributed by atoms with Crippen molar-refractivity contribution in [2.75, 3.05) is 21.3 Å². The maximum absolute atomic E-state index is 12.4. The third-order valence-corrected chi connectivity index (χ3v) is 5.62. The summed E-state index contributed by atoms with van der Waals surface area (Å²) in [4.78, 5) is 24.0. The zero-order valence-electron chi connectivity index (χ0n) is 17.6. The number of rotatable bonds is 6. The second-order valence-electron chi connectivity index (χ2n) is 7.33. The molecular formula is C21H24O8S. The van der Waals surface area contributed by atoms with E-state index >= 15 is 0 Å². The van der Waals surface area contributed by atoms with Gasteiger partial charge in [0.05, 0.1) is 26.9 Å². The number of benzene rings is 2. The Morgan fingerprint density at radius 1 is 0.867 bits per heavy atom. The summed E-state index contributed by atoms with van der Waals surface area (Å²) in [6.45, 7) is 6.08. The molecule has 0 aliphatic heterocycles. The summed E-state index contributed by atoms with van der Waals surface area (Å²) in [5.41, 5.74) is 0.282. The highest BCUT2D eigenvalue weighted by molar-refractivity contribution is 7.86. The van der Waals surface area contributed by atoms with Gasteiger partial charge >= 0.3 is 11.9 Å². The monoisotopic (exact) mass is 436 g/mol. The van der Waals surface area contributed by atoms with Gasteiger partial charge in [0.25, 0.3) is 10.1 Å². The lowest BCUT2D eigenvalue weighted by Gasteiger charge is -2.20. The molecule has 2 aromatic carbocycles. The Bertz CT molecular complexity index is 1060. The van der Waals surface area contributed by atoms with Gasteiger partial charge in [0, 0.05) is 6.07 Å². The van der Waals surface area contributed by atoms with Crippen LogP contribution in [0.4, 0.5) is 0 Å². The first-order valence-electron chi connectivity index (χ1n) is 8.88. The van der Waals surface area contributed by atoms with E-state index in [0.717, 1.165) is 39.0 Å². The van der Waals surface area contributed by atoms with Crippen molar-refractivity contribution in [1.82, 2.24) is 0 Å². The summed E-state index contributed by atoms with van der Waals surface area (Å²) in [6, 6.07) is 9.24. The number of carbonyl (C=O) groups excluding carboxylic acids is 2.